The van der Waals surface area contributed by atoms with Crippen molar-refractivity contribution in [2.45, 2.75) is 57.9 Å². The molecule has 30 heavy (non-hydrogen) atoms. The van der Waals surface area contributed by atoms with Gasteiger partial charge < -0.3 is 15.2 Å². The van der Waals surface area contributed by atoms with Crippen LogP contribution in [0.1, 0.15) is 50.6 Å². The number of amides is 2. The van der Waals surface area contributed by atoms with Gasteiger partial charge in [-0.05, 0) is 44.7 Å². The zero-order valence-corrected chi connectivity index (χ0v) is 17.3. The van der Waals surface area contributed by atoms with E-state index >= 15 is 0 Å². The van der Waals surface area contributed by atoms with Crippen LogP contribution in [0.3, 0.4) is 0 Å². The molecule has 2 N–H and O–H groups in total. The molecule has 1 saturated heterocycles. The first kappa shape index (κ1) is 20.3. The number of hydrogen-bond donors (Lipinski definition) is 2. The lowest BCUT2D eigenvalue weighted by atomic mass is 9.88. The highest BCUT2D eigenvalue weighted by molar-refractivity contribution is 5.98. The summed E-state index contributed by atoms with van der Waals surface area (Å²) in [4.78, 5) is 46.6. The van der Waals surface area contributed by atoms with Crippen molar-refractivity contribution in [3.05, 3.63) is 46.4 Å². The third kappa shape index (κ3) is 4.45. The second kappa shape index (κ2) is 8.81. The molecule has 1 aromatic carbocycles. The number of anilines is 1. The molecule has 1 aliphatic heterocycles. The maximum atomic E-state index is 13.0. The molecular formula is C23H28N4O3. The van der Waals surface area contributed by atoms with Gasteiger partial charge in [0.25, 0.3) is 5.56 Å². The smallest absolute Gasteiger partial charge is 0.251 e. The normalized spacial score (nSPS) is 19.6. The van der Waals surface area contributed by atoms with Gasteiger partial charge in [-0.2, -0.15) is 0 Å². The number of aryl methyl sites for hydroxylation is 1. The molecule has 158 valence electrons. The van der Waals surface area contributed by atoms with Gasteiger partial charge in [0.15, 0.2) is 0 Å². The summed E-state index contributed by atoms with van der Waals surface area (Å²) in [7, 11) is 0. The molecule has 2 heterocycles. The highest BCUT2D eigenvalue weighted by Crippen LogP contribution is 2.29. The van der Waals surface area contributed by atoms with Crippen LogP contribution in [-0.2, 0) is 9.59 Å². The van der Waals surface area contributed by atoms with E-state index < -0.39 is 6.04 Å². The Morgan fingerprint density at radius 3 is 2.67 bits per heavy atom. The summed E-state index contributed by atoms with van der Waals surface area (Å²) in [6, 6.07) is 8.26. The maximum absolute atomic E-state index is 13.0. The fraction of sp³-hybridized carbons (Fsp3) is 0.478. The minimum Gasteiger partial charge on any atom is -0.330 e. The molecular weight excluding hydrogens is 380 g/mol. The molecule has 2 amide bonds. The van der Waals surface area contributed by atoms with E-state index in [1.54, 1.807) is 24.0 Å². The largest absolute Gasteiger partial charge is 0.330 e. The van der Waals surface area contributed by atoms with Crippen molar-refractivity contribution in [1.82, 2.24) is 14.9 Å². The highest BCUT2D eigenvalue weighted by atomic mass is 16.2. The zero-order chi connectivity index (χ0) is 21.1. The third-order valence-electron chi connectivity index (χ3n) is 6.07. The Balaban J connectivity index is 1.48. The van der Waals surface area contributed by atoms with Gasteiger partial charge >= 0.3 is 0 Å². The van der Waals surface area contributed by atoms with Gasteiger partial charge in [0, 0.05) is 35.5 Å². The number of aromatic nitrogens is 2. The maximum Gasteiger partial charge on any atom is 0.251 e. The number of benzene rings is 1. The minimum atomic E-state index is -0.417. The summed E-state index contributed by atoms with van der Waals surface area (Å²) in [5.74, 6) is 0.521. The van der Waals surface area contributed by atoms with Gasteiger partial charge in [-0.3, -0.25) is 14.4 Å². The number of likely N-dealkylation sites (tertiary alicyclic amines) is 1. The van der Waals surface area contributed by atoms with Crippen LogP contribution in [0, 0.1) is 12.8 Å². The first-order chi connectivity index (χ1) is 14.5. The minimum absolute atomic E-state index is 0.0692. The van der Waals surface area contributed by atoms with E-state index in [9.17, 15) is 14.4 Å². The Morgan fingerprint density at radius 2 is 1.90 bits per heavy atom. The lowest BCUT2D eigenvalue weighted by Crippen LogP contribution is -2.46. The standard InChI is InChI=1S/C23H28N4O3/c1-15-13-20(28)26-21(24-15)17-9-5-10-18(14-17)25-22(29)19-11-6-12-27(19)23(30)16-7-3-2-4-8-16/h5,9-10,13-14,16,19H,2-4,6-8,11-12H2,1H3,(H,25,29)(H,24,26,28). The second-order valence-corrected chi connectivity index (χ2v) is 8.33. The Hall–Kier alpha value is -2.96. The van der Waals surface area contributed by atoms with Crippen molar-refractivity contribution in [2.75, 3.05) is 11.9 Å². The first-order valence-corrected chi connectivity index (χ1v) is 10.8. The Kier molecular flexibility index (Phi) is 5.97. The van der Waals surface area contributed by atoms with Crippen LogP contribution in [0.25, 0.3) is 11.4 Å². The number of nitrogens with zero attached hydrogens (tertiary/aromatic N) is 2. The number of rotatable bonds is 4. The van der Waals surface area contributed by atoms with Gasteiger partial charge in [-0.15, -0.1) is 0 Å². The van der Waals surface area contributed by atoms with Crippen molar-refractivity contribution in [3.63, 3.8) is 0 Å². The molecule has 2 aromatic rings. The van der Waals surface area contributed by atoms with Gasteiger partial charge in [0.1, 0.15) is 11.9 Å². The second-order valence-electron chi connectivity index (χ2n) is 8.33. The molecule has 4 rings (SSSR count). The number of hydrogen-bond acceptors (Lipinski definition) is 4. The SMILES string of the molecule is Cc1cc(=O)[nH]c(-c2cccc(NC(=O)C3CCCN3C(=O)C3CCCCC3)c2)n1. The lowest BCUT2D eigenvalue weighted by molar-refractivity contribution is -0.141. The molecule has 1 atom stereocenters. The molecule has 0 spiro atoms. The first-order valence-electron chi connectivity index (χ1n) is 10.8. The van der Waals surface area contributed by atoms with E-state index in [-0.39, 0.29) is 23.3 Å². The molecule has 1 unspecified atom stereocenters. The molecule has 1 aliphatic carbocycles. The van der Waals surface area contributed by atoms with Gasteiger partial charge in [0.05, 0.1) is 0 Å². The fourth-order valence-electron chi connectivity index (χ4n) is 4.57. The molecule has 2 aliphatic rings. The summed E-state index contributed by atoms with van der Waals surface area (Å²) in [5, 5.41) is 2.96. The highest BCUT2D eigenvalue weighted by Gasteiger charge is 2.37. The number of carbonyl (C=O) groups is 2. The van der Waals surface area contributed by atoms with Crippen molar-refractivity contribution in [1.29, 1.82) is 0 Å². The average molecular weight is 409 g/mol. The van der Waals surface area contributed by atoms with Crippen molar-refractivity contribution >= 4 is 17.5 Å². The van der Waals surface area contributed by atoms with Gasteiger partial charge in [-0.1, -0.05) is 31.4 Å². The quantitative estimate of drug-likeness (QED) is 0.812. The summed E-state index contributed by atoms with van der Waals surface area (Å²) in [6.45, 7) is 2.42. The molecule has 0 radical (unpaired) electrons. The van der Waals surface area contributed by atoms with Crippen LogP contribution < -0.4 is 10.9 Å². The van der Waals surface area contributed by atoms with Crippen LogP contribution in [-0.4, -0.2) is 39.3 Å². The summed E-state index contributed by atoms with van der Waals surface area (Å²) in [5.41, 5.74) is 1.76. The van der Waals surface area contributed by atoms with Gasteiger partial charge in [-0.25, -0.2) is 4.98 Å². The van der Waals surface area contributed by atoms with Gasteiger partial charge in [0.2, 0.25) is 11.8 Å². The summed E-state index contributed by atoms with van der Waals surface area (Å²) in [6.07, 6.45) is 6.82. The van der Waals surface area contributed by atoms with Crippen LogP contribution in [0.2, 0.25) is 0 Å². The van der Waals surface area contributed by atoms with Crippen molar-refractivity contribution in [2.24, 2.45) is 5.92 Å². The summed E-state index contributed by atoms with van der Waals surface area (Å²) >= 11 is 0. The van der Waals surface area contributed by atoms with Crippen LogP contribution in [0.15, 0.2) is 35.1 Å². The molecule has 7 nitrogen and oxygen atoms in total. The molecule has 1 saturated carbocycles. The Bertz CT molecular complexity index is 994. The van der Waals surface area contributed by atoms with Crippen molar-refractivity contribution in [3.8, 4) is 11.4 Å². The van der Waals surface area contributed by atoms with Crippen molar-refractivity contribution < 1.29 is 9.59 Å². The van der Waals surface area contributed by atoms with Crippen LogP contribution in [0.4, 0.5) is 5.69 Å². The van der Waals surface area contributed by atoms with Crippen LogP contribution in [0.5, 0.6) is 0 Å². The number of nitrogens with one attached hydrogen (secondary N) is 2. The van der Waals surface area contributed by atoms with Crippen LogP contribution >= 0.6 is 0 Å². The topological polar surface area (TPSA) is 95.2 Å². The van der Waals surface area contributed by atoms with E-state index in [1.165, 1.54) is 12.5 Å². The van der Waals surface area contributed by atoms with E-state index in [1.807, 2.05) is 12.1 Å². The van der Waals surface area contributed by atoms with E-state index in [0.717, 1.165) is 37.7 Å². The number of H-pyrrole nitrogens is 1. The van der Waals surface area contributed by atoms with E-state index in [0.29, 0.717) is 30.2 Å². The predicted molar refractivity (Wildman–Crippen MR) is 115 cm³/mol. The number of aromatic amines is 1. The molecule has 7 heteroatoms. The lowest BCUT2D eigenvalue weighted by Gasteiger charge is -2.30. The molecule has 1 aromatic heterocycles. The Morgan fingerprint density at radius 1 is 1.10 bits per heavy atom. The monoisotopic (exact) mass is 408 g/mol. The third-order valence-corrected chi connectivity index (χ3v) is 6.07. The molecule has 2 fully saturated rings. The zero-order valence-electron chi connectivity index (χ0n) is 17.3. The fourth-order valence-corrected chi connectivity index (χ4v) is 4.57. The number of carbonyl (C=O) groups excluding carboxylic acids is 2. The Labute approximate surface area is 175 Å². The predicted octanol–water partition coefficient (Wildman–Crippen LogP) is 3.26. The average Bonchev–Trinajstić information content (AvgIpc) is 3.23. The van der Waals surface area contributed by atoms with E-state index in [2.05, 4.69) is 15.3 Å². The van der Waals surface area contributed by atoms with E-state index in [4.69, 9.17) is 0 Å². The summed E-state index contributed by atoms with van der Waals surface area (Å²) < 4.78 is 0. The molecule has 0 bridgehead atoms.